The predicted octanol–water partition coefficient (Wildman–Crippen LogP) is 9.27. The zero-order valence-corrected chi connectivity index (χ0v) is 34.2. The van der Waals surface area contributed by atoms with Crippen LogP contribution in [0.2, 0.25) is 0 Å². The Hall–Kier alpha value is -6.14. The van der Waals surface area contributed by atoms with E-state index in [1.54, 1.807) is 6.20 Å². The molecule has 59 heavy (non-hydrogen) atoms. The minimum atomic E-state index is -0.579. The van der Waals surface area contributed by atoms with Crippen LogP contribution in [0, 0.1) is 5.41 Å². The molecule has 1 aliphatic carbocycles. The van der Waals surface area contributed by atoms with Crippen LogP contribution in [0.5, 0.6) is 0 Å². The van der Waals surface area contributed by atoms with Crippen LogP contribution in [0.3, 0.4) is 0 Å². The monoisotopic (exact) mass is 789 g/mol. The van der Waals surface area contributed by atoms with Gasteiger partial charge in [0.05, 0.1) is 18.0 Å². The third kappa shape index (κ3) is 7.89. The second-order valence-corrected chi connectivity index (χ2v) is 16.9. The standard InChI is InChI=1S/C47H51N9O3/c1-46(2,3)59-45(57)52-42-36-20-12-11-19-34(36)30-47(42)23-26-55(27-24-47)38-31-49-41-43(51-38)56(39-21-13-14-28-58-39)53-44(41)54(4)35-22-25-48-37(29-35)50-40(32-15-7-5-8-16-32)33-17-9-6-10-18-33/h5-12,15-20,22,25,29,31,39,42H,13-14,21,23-24,26-28,30H2,1-4H3,(H,52,57)/t39?,42-/m1/s1. The highest BCUT2D eigenvalue weighted by molar-refractivity contribution is 6.13. The molecule has 3 aromatic heterocycles. The molecule has 6 aromatic rings. The summed E-state index contributed by atoms with van der Waals surface area (Å²) >= 11 is 0. The summed E-state index contributed by atoms with van der Waals surface area (Å²) in [6.07, 6.45) is 8.63. The number of carbonyl (C=O) groups excluding carboxylic acids is 1. The van der Waals surface area contributed by atoms with Gasteiger partial charge in [-0.05, 0) is 76.5 Å². The largest absolute Gasteiger partial charge is 0.444 e. The molecule has 2 fully saturated rings. The molecule has 0 radical (unpaired) electrons. The smallest absolute Gasteiger partial charge is 0.408 e. The van der Waals surface area contributed by atoms with Gasteiger partial charge in [0.25, 0.3) is 0 Å². The minimum absolute atomic E-state index is 0.126. The van der Waals surface area contributed by atoms with Crippen molar-refractivity contribution in [2.45, 2.75) is 77.2 Å². The van der Waals surface area contributed by atoms with Crippen LogP contribution in [-0.4, -0.2) is 68.9 Å². The number of alkyl carbamates (subject to hydrolysis) is 1. The van der Waals surface area contributed by atoms with Gasteiger partial charge < -0.3 is 24.6 Å². The fourth-order valence-corrected chi connectivity index (χ4v) is 8.87. The van der Waals surface area contributed by atoms with E-state index in [9.17, 15) is 4.79 Å². The number of hydrogen-bond donors (Lipinski definition) is 1. The Labute approximate surface area is 345 Å². The van der Waals surface area contributed by atoms with E-state index >= 15 is 0 Å². The molecule has 302 valence electrons. The molecule has 12 nitrogen and oxygen atoms in total. The highest BCUT2D eigenvalue weighted by atomic mass is 16.6. The van der Waals surface area contributed by atoms with Gasteiger partial charge in [-0.1, -0.05) is 84.9 Å². The summed E-state index contributed by atoms with van der Waals surface area (Å²) in [4.78, 5) is 37.6. The number of anilines is 3. The highest BCUT2D eigenvalue weighted by Crippen LogP contribution is 2.52. The minimum Gasteiger partial charge on any atom is -0.444 e. The van der Waals surface area contributed by atoms with Crippen molar-refractivity contribution in [3.05, 3.63) is 132 Å². The van der Waals surface area contributed by atoms with Gasteiger partial charge in [0.2, 0.25) is 0 Å². The van der Waals surface area contributed by atoms with Crippen LogP contribution in [-0.2, 0) is 15.9 Å². The van der Waals surface area contributed by atoms with Crippen LogP contribution in [0.4, 0.5) is 27.9 Å². The molecule has 9 rings (SSSR count). The number of hydrogen-bond acceptors (Lipinski definition) is 10. The van der Waals surface area contributed by atoms with E-state index in [2.05, 4.69) is 63.7 Å². The van der Waals surface area contributed by atoms with E-state index in [-0.39, 0.29) is 23.8 Å². The molecule has 2 atom stereocenters. The van der Waals surface area contributed by atoms with Gasteiger partial charge in [-0.3, -0.25) is 0 Å². The number of ether oxygens (including phenoxy) is 2. The van der Waals surface area contributed by atoms with Crippen LogP contribution in [0.15, 0.2) is 114 Å². The molecule has 1 N–H and O–H groups in total. The molecular formula is C47H51N9O3. The lowest BCUT2D eigenvalue weighted by atomic mass is 9.72. The van der Waals surface area contributed by atoms with E-state index in [4.69, 9.17) is 29.5 Å². The van der Waals surface area contributed by atoms with Crippen molar-refractivity contribution >= 4 is 46.1 Å². The average molecular weight is 790 g/mol. The van der Waals surface area contributed by atoms with Crippen molar-refractivity contribution in [3.63, 3.8) is 0 Å². The first-order valence-corrected chi connectivity index (χ1v) is 20.7. The first-order chi connectivity index (χ1) is 28.6. The molecule has 2 saturated heterocycles. The maximum Gasteiger partial charge on any atom is 0.408 e. The van der Waals surface area contributed by atoms with Crippen molar-refractivity contribution in [1.82, 2.24) is 30.0 Å². The van der Waals surface area contributed by atoms with Gasteiger partial charge >= 0.3 is 6.09 Å². The number of nitrogens with zero attached hydrogens (tertiary/aromatic N) is 8. The molecule has 0 saturated carbocycles. The summed E-state index contributed by atoms with van der Waals surface area (Å²) in [5.74, 6) is 2.07. The molecule has 1 unspecified atom stereocenters. The molecule has 1 spiro atoms. The van der Waals surface area contributed by atoms with Crippen molar-refractivity contribution < 1.29 is 14.3 Å². The molecular weight excluding hydrogens is 739 g/mol. The normalized spacial score (nSPS) is 18.7. The third-order valence-electron chi connectivity index (χ3n) is 11.8. The first kappa shape index (κ1) is 38.4. The maximum absolute atomic E-state index is 13.1. The van der Waals surface area contributed by atoms with E-state index in [0.29, 0.717) is 29.4 Å². The predicted molar refractivity (Wildman–Crippen MR) is 231 cm³/mol. The van der Waals surface area contributed by atoms with Crippen LogP contribution in [0.1, 0.15) is 87.4 Å². The maximum atomic E-state index is 13.1. The van der Waals surface area contributed by atoms with Crippen LogP contribution >= 0.6 is 0 Å². The average Bonchev–Trinajstić information content (AvgIpc) is 3.78. The van der Waals surface area contributed by atoms with E-state index < -0.39 is 5.60 Å². The Balaban J connectivity index is 1.01. The summed E-state index contributed by atoms with van der Waals surface area (Å²) in [7, 11) is 1.99. The van der Waals surface area contributed by atoms with Gasteiger partial charge in [-0.2, -0.15) is 0 Å². The SMILES string of the molecule is CN(c1ccnc(N=C(c2ccccc2)c2ccccc2)c1)c1nn(C2CCCCO2)c2nc(N3CCC4(CC3)Cc3ccccc3[C@H]4NC(=O)OC(C)(C)C)cnc12. The van der Waals surface area contributed by atoms with Gasteiger partial charge in [0, 0.05) is 61.2 Å². The fourth-order valence-electron chi connectivity index (χ4n) is 8.87. The molecule has 2 aliphatic heterocycles. The lowest BCUT2D eigenvalue weighted by molar-refractivity contribution is -0.0368. The molecule has 3 aliphatic rings. The quantitative estimate of drug-likeness (QED) is 0.150. The Morgan fingerprint density at radius 2 is 1.64 bits per heavy atom. The molecule has 0 bridgehead atoms. The fraction of sp³-hybridized carbons (Fsp3) is 0.362. The summed E-state index contributed by atoms with van der Waals surface area (Å²) in [6.45, 7) is 7.92. The third-order valence-corrected chi connectivity index (χ3v) is 11.8. The van der Waals surface area contributed by atoms with Crippen LogP contribution in [0.25, 0.3) is 11.2 Å². The van der Waals surface area contributed by atoms with Crippen molar-refractivity contribution in [3.8, 4) is 0 Å². The van der Waals surface area contributed by atoms with E-state index in [1.165, 1.54) is 11.1 Å². The number of carbonyl (C=O) groups is 1. The van der Waals surface area contributed by atoms with Gasteiger partial charge in [-0.15, -0.1) is 5.10 Å². The first-order valence-electron chi connectivity index (χ1n) is 20.7. The second kappa shape index (κ2) is 15.9. The number of piperidine rings is 1. The van der Waals surface area contributed by atoms with Crippen LogP contribution < -0.4 is 15.1 Å². The number of nitrogens with one attached hydrogen (secondary N) is 1. The number of benzene rings is 3. The van der Waals surface area contributed by atoms with Gasteiger partial charge in [0.15, 0.2) is 29.0 Å². The molecule has 1 amide bonds. The lowest BCUT2D eigenvalue weighted by Crippen LogP contribution is -2.48. The summed E-state index contributed by atoms with van der Waals surface area (Å²) < 4.78 is 14.0. The van der Waals surface area contributed by atoms with Crippen molar-refractivity contribution in [1.29, 1.82) is 0 Å². The lowest BCUT2D eigenvalue weighted by Gasteiger charge is -2.43. The number of rotatable bonds is 8. The topological polar surface area (TPSA) is 123 Å². The Kier molecular flexibility index (Phi) is 10.3. The number of aliphatic imine (C=N–C) groups is 1. The van der Waals surface area contributed by atoms with Crippen molar-refractivity contribution in [2.24, 2.45) is 10.4 Å². The molecule has 5 heterocycles. The number of pyridine rings is 1. The van der Waals surface area contributed by atoms with E-state index in [1.807, 2.05) is 92.1 Å². The summed E-state index contributed by atoms with van der Waals surface area (Å²) in [5, 5.41) is 8.45. The van der Waals surface area contributed by atoms with Gasteiger partial charge in [-0.25, -0.2) is 29.4 Å². The highest BCUT2D eigenvalue weighted by Gasteiger charge is 2.49. The Morgan fingerprint density at radius 3 is 2.34 bits per heavy atom. The summed E-state index contributed by atoms with van der Waals surface area (Å²) in [5.41, 5.74) is 6.89. The van der Waals surface area contributed by atoms with Crippen molar-refractivity contribution in [2.75, 3.05) is 36.5 Å². The zero-order valence-electron chi connectivity index (χ0n) is 34.2. The summed E-state index contributed by atoms with van der Waals surface area (Å²) in [6, 6.07) is 32.7. The Morgan fingerprint density at radius 1 is 0.932 bits per heavy atom. The Bertz CT molecular complexity index is 2420. The second-order valence-electron chi connectivity index (χ2n) is 16.9. The zero-order chi connectivity index (χ0) is 40.6. The number of amides is 1. The molecule has 3 aromatic carbocycles. The van der Waals surface area contributed by atoms with E-state index in [0.717, 1.165) is 80.0 Å². The molecule has 12 heteroatoms. The number of aromatic nitrogens is 5. The van der Waals surface area contributed by atoms with Gasteiger partial charge in [0.1, 0.15) is 11.4 Å². The number of fused-ring (bicyclic) bond motifs is 2.